The van der Waals surface area contributed by atoms with E-state index < -0.39 is 15.9 Å². The highest BCUT2D eigenvalue weighted by molar-refractivity contribution is 7.88. The summed E-state index contributed by atoms with van der Waals surface area (Å²) in [6.45, 7) is 0.690. The van der Waals surface area contributed by atoms with Crippen LogP contribution in [0.2, 0.25) is 0 Å². The van der Waals surface area contributed by atoms with E-state index in [9.17, 15) is 13.2 Å². The van der Waals surface area contributed by atoms with E-state index >= 15 is 0 Å². The number of benzene rings is 1. The number of ether oxygens (including phenoxy) is 1. The van der Waals surface area contributed by atoms with Gasteiger partial charge >= 0.3 is 0 Å². The predicted octanol–water partition coefficient (Wildman–Crippen LogP) is -0.673. The van der Waals surface area contributed by atoms with Crippen molar-refractivity contribution in [2.24, 2.45) is 5.73 Å². The molecule has 0 aliphatic rings. The number of sulfonamides is 1. The number of carbonyl (C=O) groups excluding carboxylic acids is 1. The van der Waals surface area contributed by atoms with Crippen LogP contribution in [-0.4, -0.2) is 41.1 Å². The van der Waals surface area contributed by atoms with E-state index in [0.717, 1.165) is 5.56 Å². The first-order valence-electron chi connectivity index (χ1n) is 6.48. The van der Waals surface area contributed by atoms with E-state index in [0.29, 0.717) is 18.7 Å². The second kappa shape index (κ2) is 8.73. The summed E-state index contributed by atoms with van der Waals surface area (Å²) in [5.74, 6) is -0.603. The summed E-state index contributed by atoms with van der Waals surface area (Å²) in [6, 6.07) is 7.04. The molecule has 0 aliphatic heterocycles. The molecule has 0 fully saturated rings. The van der Waals surface area contributed by atoms with Crippen molar-refractivity contribution >= 4 is 15.9 Å². The number of methoxy groups -OCH3 is 1. The summed E-state index contributed by atoms with van der Waals surface area (Å²) < 4.78 is 30.9. The summed E-state index contributed by atoms with van der Waals surface area (Å²) in [6.07, 6.45) is 0. The van der Waals surface area contributed by atoms with Crippen LogP contribution in [0.5, 0.6) is 0 Å². The number of carbonyl (C=O) groups is 1. The van der Waals surface area contributed by atoms with Gasteiger partial charge in [0.25, 0.3) is 0 Å². The fourth-order valence-corrected chi connectivity index (χ4v) is 2.83. The highest BCUT2D eigenvalue weighted by Gasteiger charge is 2.15. The number of amides is 1. The van der Waals surface area contributed by atoms with Gasteiger partial charge in [0.15, 0.2) is 0 Å². The third-order valence-electron chi connectivity index (χ3n) is 2.76. The van der Waals surface area contributed by atoms with Crippen LogP contribution in [0, 0.1) is 0 Å². The molecular weight excluding hydrogens is 294 g/mol. The normalized spacial score (nSPS) is 11.3. The molecule has 0 bridgehead atoms. The molecule has 0 aromatic heterocycles. The van der Waals surface area contributed by atoms with Crippen molar-refractivity contribution in [1.29, 1.82) is 0 Å². The number of hydrogen-bond donors (Lipinski definition) is 3. The average molecular weight is 315 g/mol. The smallest absolute Gasteiger partial charge is 0.235 e. The molecule has 0 unspecified atom stereocenters. The Labute approximate surface area is 124 Å². The Bertz CT molecular complexity index is 560. The van der Waals surface area contributed by atoms with Gasteiger partial charge in [-0.1, -0.05) is 24.3 Å². The molecule has 0 aliphatic carbocycles. The van der Waals surface area contributed by atoms with Crippen LogP contribution < -0.4 is 15.8 Å². The Morgan fingerprint density at radius 3 is 2.57 bits per heavy atom. The van der Waals surface area contributed by atoms with Crippen LogP contribution in [-0.2, 0) is 31.9 Å². The van der Waals surface area contributed by atoms with Crippen molar-refractivity contribution in [3.8, 4) is 0 Å². The molecule has 1 rings (SSSR count). The summed E-state index contributed by atoms with van der Waals surface area (Å²) in [7, 11) is -2.07. The Kier molecular flexibility index (Phi) is 7.30. The van der Waals surface area contributed by atoms with Crippen LogP contribution >= 0.6 is 0 Å². The van der Waals surface area contributed by atoms with Gasteiger partial charge in [0.2, 0.25) is 15.9 Å². The molecule has 1 aromatic rings. The van der Waals surface area contributed by atoms with Gasteiger partial charge in [0.05, 0.1) is 18.9 Å². The lowest BCUT2D eigenvalue weighted by Crippen LogP contribution is -2.38. The predicted molar refractivity (Wildman–Crippen MR) is 79.8 cm³/mol. The summed E-state index contributed by atoms with van der Waals surface area (Å²) in [4.78, 5) is 11.4. The molecule has 0 radical (unpaired) electrons. The van der Waals surface area contributed by atoms with E-state index in [4.69, 9.17) is 10.5 Å². The lowest BCUT2D eigenvalue weighted by molar-refractivity contribution is -0.120. The van der Waals surface area contributed by atoms with Crippen molar-refractivity contribution in [3.63, 3.8) is 0 Å². The largest absolute Gasteiger partial charge is 0.383 e. The minimum absolute atomic E-state index is 0.203. The Hall–Kier alpha value is -1.48. The van der Waals surface area contributed by atoms with E-state index in [-0.39, 0.29) is 18.8 Å². The quantitative estimate of drug-likeness (QED) is 0.523. The van der Waals surface area contributed by atoms with E-state index in [1.807, 2.05) is 0 Å². The van der Waals surface area contributed by atoms with Crippen LogP contribution in [0.3, 0.4) is 0 Å². The lowest BCUT2D eigenvalue weighted by Gasteiger charge is -2.10. The van der Waals surface area contributed by atoms with Crippen molar-refractivity contribution in [2.45, 2.75) is 12.3 Å². The van der Waals surface area contributed by atoms with Gasteiger partial charge in [0.1, 0.15) is 0 Å². The zero-order valence-corrected chi connectivity index (χ0v) is 12.8. The van der Waals surface area contributed by atoms with Gasteiger partial charge in [-0.05, 0) is 11.1 Å². The van der Waals surface area contributed by atoms with Gasteiger partial charge in [0, 0.05) is 20.2 Å². The van der Waals surface area contributed by atoms with Crippen LogP contribution in [0.1, 0.15) is 11.1 Å². The molecule has 21 heavy (non-hydrogen) atoms. The Morgan fingerprint density at radius 1 is 1.29 bits per heavy atom. The maximum Gasteiger partial charge on any atom is 0.235 e. The third kappa shape index (κ3) is 6.67. The first kappa shape index (κ1) is 17.6. The SMILES string of the molecule is COCCNC(=O)CNS(=O)(=O)Cc1ccccc1CN. The van der Waals surface area contributed by atoms with E-state index in [1.54, 1.807) is 24.3 Å². The zero-order chi connectivity index (χ0) is 15.7. The van der Waals surface area contributed by atoms with Crippen molar-refractivity contribution in [2.75, 3.05) is 26.8 Å². The van der Waals surface area contributed by atoms with E-state index in [1.165, 1.54) is 7.11 Å². The van der Waals surface area contributed by atoms with Crippen LogP contribution in [0.4, 0.5) is 0 Å². The monoisotopic (exact) mass is 315 g/mol. The number of rotatable bonds is 9. The second-order valence-corrected chi connectivity index (χ2v) is 6.20. The van der Waals surface area contributed by atoms with Crippen LogP contribution in [0.15, 0.2) is 24.3 Å². The van der Waals surface area contributed by atoms with E-state index in [2.05, 4.69) is 10.0 Å². The minimum Gasteiger partial charge on any atom is -0.383 e. The van der Waals surface area contributed by atoms with Crippen LogP contribution in [0.25, 0.3) is 0 Å². The highest BCUT2D eigenvalue weighted by Crippen LogP contribution is 2.11. The minimum atomic E-state index is -3.59. The zero-order valence-electron chi connectivity index (χ0n) is 12.0. The number of nitrogens with one attached hydrogen (secondary N) is 2. The van der Waals surface area contributed by atoms with Gasteiger partial charge in [-0.15, -0.1) is 0 Å². The molecule has 0 saturated heterocycles. The van der Waals surface area contributed by atoms with Gasteiger partial charge in [-0.3, -0.25) is 4.79 Å². The molecule has 118 valence electrons. The first-order valence-corrected chi connectivity index (χ1v) is 8.13. The molecule has 7 nitrogen and oxygen atoms in total. The van der Waals surface area contributed by atoms with Gasteiger partial charge in [-0.25, -0.2) is 13.1 Å². The summed E-state index contributed by atoms with van der Waals surface area (Å²) in [5.41, 5.74) is 6.97. The lowest BCUT2D eigenvalue weighted by atomic mass is 10.1. The molecular formula is C13H21N3O4S. The number of hydrogen-bond acceptors (Lipinski definition) is 5. The van der Waals surface area contributed by atoms with Gasteiger partial charge in [-0.2, -0.15) is 0 Å². The fraction of sp³-hybridized carbons (Fsp3) is 0.462. The molecule has 0 spiro atoms. The second-order valence-electron chi connectivity index (χ2n) is 4.40. The fourth-order valence-electron chi connectivity index (χ4n) is 1.68. The van der Waals surface area contributed by atoms with Crippen molar-refractivity contribution < 1.29 is 17.9 Å². The Morgan fingerprint density at radius 2 is 1.95 bits per heavy atom. The molecule has 4 N–H and O–H groups in total. The highest BCUT2D eigenvalue weighted by atomic mass is 32.2. The molecule has 0 atom stereocenters. The average Bonchev–Trinajstić information content (AvgIpc) is 2.46. The molecule has 8 heteroatoms. The molecule has 0 saturated carbocycles. The Balaban J connectivity index is 2.52. The molecule has 0 heterocycles. The van der Waals surface area contributed by atoms with Crippen molar-refractivity contribution in [1.82, 2.24) is 10.0 Å². The van der Waals surface area contributed by atoms with Crippen molar-refractivity contribution in [3.05, 3.63) is 35.4 Å². The summed E-state index contributed by atoms with van der Waals surface area (Å²) in [5, 5.41) is 2.53. The third-order valence-corrected chi connectivity index (χ3v) is 4.04. The standard InChI is InChI=1S/C13H21N3O4S/c1-20-7-6-15-13(17)9-16-21(18,19)10-12-5-3-2-4-11(12)8-14/h2-5,16H,6-10,14H2,1H3,(H,15,17). The molecule has 1 amide bonds. The maximum absolute atomic E-state index is 11.9. The topological polar surface area (TPSA) is 111 Å². The number of nitrogens with two attached hydrogens (primary N) is 1. The molecule has 1 aromatic carbocycles. The van der Waals surface area contributed by atoms with Gasteiger partial charge < -0.3 is 15.8 Å². The maximum atomic E-state index is 11.9. The summed E-state index contributed by atoms with van der Waals surface area (Å²) >= 11 is 0. The first-order chi connectivity index (χ1) is 9.98.